The number of anilines is 1. The monoisotopic (exact) mass is 388 g/mol. The predicted molar refractivity (Wildman–Crippen MR) is 99.6 cm³/mol. The van der Waals surface area contributed by atoms with Crippen LogP contribution in [0.3, 0.4) is 0 Å². The number of amides is 1. The number of fused-ring (bicyclic) bond motifs is 1. The Hall–Kier alpha value is -3.11. The minimum Gasteiger partial charge on any atom is -0.394 e. The van der Waals surface area contributed by atoms with Crippen molar-refractivity contribution in [1.82, 2.24) is 25.1 Å². The van der Waals surface area contributed by atoms with Gasteiger partial charge in [0.25, 0.3) is 5.91 Å². The smallest absolute Gasteiger partial charge is 0.254 e. The summed E-state index contributed by atoms with van der Waals surface area (Å²) < 4.78 is 20.4. The molecule has 2 aromatic heterocycles. The van der Waals surface area contributed by atoms with Crippen molar-refractivity contribution < 1.29 is 19.0 Å². The van der Waals surface area contributed by atoms with Crippen molar-refractivity contribution in [2.45, 2.75) is 6.42 Å². The van der Waals surface area contributed by atoms with Gasteiger partial charge in [-0.15, -0.1) is 15.3 Å². The molecule has 0 radical (unpaired) electrons. The summed E-state index contributed by atoms with van der Waals surface area (Å²) in [6, 6.07) is 9.37. The Morgan fingerprint density at radius 3 is 2.82 bits per heavy atom. The Kier molecular flexibility index (Phi) is 6.82. The molecule has 0 aliphatic heterocycles. The number of rotatable bonds is 10. The number of aliphatic hydroxyl groups is 1. The molecule has 0 bridgehead atoms. The number of ether oxygens (including phenoxy) is 1. The van der Waals surface area contributed by atoms with Crippen LogP contribution in [0.2, 0.25) is 0 Å². The Morgan fingerprint density at radius 2 is 2.00 bits per heavy atom. The zero-order valence-corrected chi connectivity index (χ0v) is 15.1. The normalized spacial score (nSPS) is 10.9. The van der Waals surface area contributed by atoms with Gasteiger partial charge in [-0.2, -0.15) is 4.52 Å². The molecule has 0 unspecified atom stereocenters. The Morgan fingerprint density at radius 1 is 1.14 bits per heavy atom. The van der Waals surface area contributed by atoms with Gasteiger partial charge in [0.15, 0.2) is 11.5 Å². The minimum atomic E-state index is -0.562. The van der Waals surface area contributed by atoms with Crippen LogP contribution in [0.25, 0.3) is 5.65 Å². The summed E-state index contributed by atoms with van der Waals surface area (Å²) in [5, 5.41) is 27.0. The molecule has 0 saturated carbocycles. The number of carbonyl (C=O) groups is 1. The summed E-state index contributed by atoms with van der Waals surface area (Å²) in [5.74, 6) is 0.152. The van der Waals surface area contributed by atoms with E-state index in [4.69, 9.17) is 9.84 Å². The van der Waals surface area contributed by atoms with Crippen molar-refractivity contribution in [3.63, 3.8) is 0 Å². The van der Waals surface area contributed by atoms with Crippen LogP contribution in [0.5, 0.6) is 0 Å². The maximum Gasteiger partial charge on any atom is 0.254 e. The van der Waals surface area contributed by atoms with Crippen molar-refractivity contribution in [2.75, 3.05) is 38.2 Å². The van der Waals surface area contributed by atoms with Crippen LogP contribution < -0.4 is 10.6 Å². The molecule has 9 nitrogen and oxygen atoms in total. The molecule has 1 aromatic carbocycles. The molecule has 3 rings (SSSR count). The van der Waals surface area contributed by atoms with E-state index in [-0.39, 0.29) is 18.7 Å². The van der Waals surface area contributed by atoms with Gasteiger partial charge in [0.05, 0.1) is 25.4 Å². The fraction of sp³-hybridized carbons (Fsp3) is 0.333. The third-order valence-corrected chi connectivity index (χ3v) is 3.87. The predicted octanol–water partition coefficient (Wildman–Crippen LogP) is 0.657. The molecule has 1 amide bonds. The molecule has 148 valence electrons. The number of nitrogens with one attached hydrogen (secondary N) is 2. The molecule has 28 heavy (non-hydrogen) atoms. The lowest BCUT2D eigenvalue weighted by molar-refractivity contribution is 0.0950. The molecule has 0 fully saturated rings. The van der Waals surface area contributed by atoms with E-state index in [1.165, 1.54) is 18.2 Å². The summed E-state index contributed by atoms with van der Waals surface area (Å²) in [6.07, 6.45) is 0.386. The van der Waals surface area contributed by atoms with Crippen molar-refractivity contribution in [2.24, 2.45) is 0 Å². The van der Waals surface area contributed by atoms with Crippen molar-refractivity contribution in [3.8, 4) is 0 Å². The Labute approximate surface area is 160 Å². The summed E-state index contributed by atoms with van der Waals surface area (Å²) in [6.45, 7) is 1.53. The fourth-order valence-electron chi connectivity index (χ4n) is 2.53. The third kappa shape index (κ3) is 4.99. The number of aromatic nitrogens is 4. The third-order valence-electron chi connectivity index (χ3n) is 3.87. The molecule has 3 aromatic rings. The Bertz CT molecular complexity index is 933. The maximum absolute atomic E-state index is 13.6. The van der Waals surface area contributed by atoms with Crippen molar-refractivity contribution in [3.05, 3.63) is 53.6 Å². The fourth-order valence-corrected chi connectivity index (χ4v) is 2.53. The molecule has 2 heterocycles. The van der Waals surface area contributed by atoms with Crippen molar-refractivity contribution in [1.29, 1.82) is 0 Å². The van der Waals surface area contributed by atoms with Crippen LogP contribution in [-0.2, 0) is 11.2 Å². The van der Waals surface area contributed by atoms with Gasteiger partial charge in [-0.3, -0.25) is 4.79 Å². The maximum atomic E-state index is 13.6. The van der Waals surface area contributed by atoms with Gasteiger partial charge >= 0.3 is 0 Å². The van der Waals surface area contributed by atoms with Gasteiger partial charge < -0.3 is 20.5 Å². The van der Waals surface area contributed by atoms with Crippen LogP contribution in [0.1, 0.15) is 16.2 Å². The average molecular weight is 388 g/mol. The summed E-state index contributed by atoms with van der Waals surface area (Å²) in [5.41, 5.74) is 0.583. The molecular weight excluding hydrogens is 367 g/mol. The van der Waals surface area contributed by atoms with Gasteiger partial charge in [-0.25, -0.2) is 4.39 Å². The van der Waals surface area contributed by atoms with E-state index in [2.05, 4.69) is 25.9 Å². The number of hydrogen-bond acceptors (Lipinski definition) is 7. The summed E-state index contributed by atoms with van der Waals surface area (Å²) in [7, 11) is 0. The molecule has 0 atom stereocenters. The number of carbonyl (C=O) groups excluding carboxylic acids is 1. The van der Waals surface area contributed by atoms with E-state index >= 15 is 0 Å². The minimum absolute atomic E-state index is 0.00151. The topological polar surface area (TPSA) is 114 Å². The molecule has 0 spiro atoms. The second kappa shape index (κ2) is 9.72. The Balaban J connectivity index is 1.56. The van der Waals surface area contributed by atoms with Gasteiger partial charge in [0, 0.05) is 19.5 Å². The van der Waals surface area contributed by atoms with Crippen molar-refractivity contribution >= 4 is 17.4 Å². The molecule has 10 heteroatoms. The molecule has 0 aliphatic carbocycles. The highest BCUT2D eigenvalue weighted by Gasteiger charge is 2.12. The zero-order chi connectivity index (χ0) is 19.8. The highest BCUT2D eigenvalue weighted by Crippen LogP contribution is 2.08. The summed E-state index contributed by atoms with van der Waals surface area (Å²) in [4.78, 5) is 12.1. The van der Waals surface area contributed by atoms with Crippen LogP contribution in [0.15, 0.2) is 36.4 Å². The first-order valence-corrected chi connectivity index (χ1v) is 8.85. The molecule has 0 saturated heterocycles. The average Bonchev–Trinajstić information content (AvgIpc) is 3.10. The largest absolute Gasteiger partial charge is 0.394 e. The summed E-state index contributed by atoms with van der Waals surface area (Å²) >= 11 is 0. The highest BCUT2D eigenvalue weighted by molar-refractivity contribution is 5.94. The van der Waals surface area contributed by atoms with Gasteiger partial charge in [0.1, 0.15) is 11.6 Å². The molecule has 3 N–H and O–H groups in total. The first-order chi connectivity index (χ1) is 13.7. The van der Waals surface area contributed by atoms with Gasteiger partial charge in [0.2, 0.25) is 0 Å². The molecular formula is C18H21FN6O3. The van der Waals surface area contributed by atoms with E-state index in [1.807, 2.05) is 0 Å². The van der Waals surface area contributed by atoms with Crippen LogP contribution in [0, 0.1) is 5.82 Å². The van der Waals surface area contributed by atoms with Crippen LogP contribution in [-0.4, -0.2) is 63.7 Å². The van der Waals surface area contributed by atoms with Gasteiger partial charge in [-0.1, -0.05) is 12.1 Å². The second-order valence-electron chi connectivity index (χ2n) is 5.85. The van der Waals surface area contributed by atoms with Gasteiger partial charge in [-0.05, 0) is 24.3 Å². The lowest BCUT2D eigenvalue weighted by Gasteiger charge is -2.07. The van der Waals surface area contributed by atoms with Crippen LogP contribution in [0.4, 0.5) is 10.2 Å². The number of aliphatic hydroxyl groups excluding tert-OH is 1. The second-order valence-corrected chi connectivity index (χ2v) is 5.85. The van der Waals surface area contributed by atoms with E-state index < -0.39 is 11.7 Å². The van der Waals surface area contributed by atoms with E-state index in [0.717, 1.165) is 0 Å². The quantitative estimate of drug-likeness (QED) is 0.437. The molecule has 0 aliphatic rings. The SMILES string of the molecule is O=C(NCCc1nnc2ccc(NCCOCCO)nn12)c1ccccc1F. The van der Waals surface area contributed by atoms with E-state index in [0.29, 0.717) is 43.5 Å². The first kappa shape index (κ1) is 19.6. The van der Waals surface area contributed by atoms with Crippen LogP contribution >= 0.6 is 0 Å². The first-order valence-electron chi connectivity index (χ1n) is 8.85. The zero-order valence-electron chi connectivity index (χ0n) is 15.1. The number of halogens is 1. The standard InChI is InChI=1S/C18H21FN6O3/c19-14-4-2-1-3-13(14)18(27)21-8-7-17-23-22-16-6-5-15(24-25(16)17)20-9-11-28-12-10-26/h1-6,26H,7-12H2,(H,20,24)(H,21,27). The number of nitrogens with zero attached hydrogens (tertiary/aromatic N) is 4. The lowest BCUT2D eigenvalue weighted by atomic mass is 10.2. The highest BCUT2D eigenvalue weighted by atomic mass is 19.1. The van der Waals surface area contributed by atoms with E-state index in [1.54, 1.807) is 22.7 Å². The number of benzene rings is 1. The number of hydrogen-bond donors (Lipinski definition) is 3. The lowest BCUT2D eigenvalue weighted by Crippen LogP contribution is -2.27. The van der Waals surface area contributed by atoms with E-state index in [9.17, 15) is 9.18 Å².